The van der Waals surface area contributed by atoms with Crippen molar-refractivity contribution >= 4 is 29.9 Å². The topological polar surface area (TPSA) is 126 Å². The summed E-state index contributed by atoms with van der Waals surface area (Å²) in [6, 6.07) is -1.01. The van der Waals surface area contributed by atoms with E-state index in [1.807, 2.05) is 13.8 Å². The van der Waals surface area contributed by atoms with Crippen LogP contribution in [0.15, 0.2) is 0 Å². The molecule has 2 saturated heterocycles. The Hall–Kier alpha value is -2.53. The van der Waals surface area contributed by atoms with E-state index in [1.54, 1.807) is 42.9 Å². The van der Waals surface area contributed by atoms with Gasteiger partial charge in [0.2, 0.25) is 23.6 Å². The number of methoxy groups -OCH3 is 2. The highest BCUT2D eigenvalue weighted by Gasteiger charge is 2.50. The number of carbonyl (C=O) groups excluding carboxylic acids is 5. The van der Waals surface area contributed by atoms with E-state index in [1.165, 1.54) is 6.92 Å². The molecule has 232 valence electrons. The molecule has 0 aromatic carbocycles. The fraction of sp³-hybridized carbons (Fsp3) is 0.833. The number of carbonyl (C=O) groups is 5. The first-order valence-electron chi connectivity index (χ1n) is 15.1. The van der Waals surface area contributed by atoms with Gasteiger partial charge in [0.25, 0.3) is 0 Å². The molecule has 0 aromatic heterocycles. The third kappa shape index (κ3) is 7.10. The second-order valence-electron chi connectivity index (χ2n) is 12.2. The van der Waals surface area contributed by atoms with Gasteiger partial charge in [0.1, 0.15) is 12.3 Å². The molecule has 0 aromatic rings. The highest BCUT2D eigenvalue weighted by atomic mass is 16.5. The zero-order valence-corrected chi connectivity index (χ0v) is 25.8. The quantitative estimate of drug-likeness (QED) is 0.311. The van der Waals surface area contributed by atoms with Crippen molar-refractivity contribution in [2.24, 2.45) is 17.8 Å². The first-order chi connectivity index (χ1) is 19.5. The Bertz CT molecular complexity index is 961. The van der Waals surface area contributed by atoms with Crippen LogP contribution in [0.1, 0.15) is 72.6 Å². The Morgan fingerprint density at radius 3 is 2.39 bits per heavy atom. The number of nitrogens with zero attached hydrogens (tertiary/aromatic N) is 3. The number of rotatable bonds is 14. The maximum Gasteiger partial charge on any atom is 0.243 e. The molecule has 0 radical (unpaired) electrons. The van der Waals surface area contributed by atoms with Gasteiger partial charge in [-0.2, -0.15) is 0 Å². The van der Waals surface area contributed by atoms with E-state index in [2.05, 4.69) is 5.32 Å². The molecule has 9 atom stereocenters. The third-order valence-electron chi connectivity index (χ3n) is 9.76. The summed E-state index contributed by atoms with van der Waals surface area (Å²) in [6.45, 7) is 7.73. The number of fused-ring (bicyclic) bond motifs is 2. The molecule has 2 aliphatic heterocycles. The maximum absolute atomic E-state index is 13.6. The summed E-state index contributed by atoms with van der Waals surface area (Å²) >= 11 is 0. The van der Waals surface area contributed by atoms with Crippen LogP contribution in [0.2, 0.25) is 0 Å². The molecular formula is C30H50N4O7. The van der Waals surface area contributed by atoms with Gasteiger partial charge in [-0.25, -0.2) is 0 Å². The van der Waals surface area contributed by atoms with Crippen LogP contribution < -0.4 is 5.32 Å². The minimum Gasteiger partial charge on any atom is -0.379 e. The molecule has 2 heterocycles. The van der Waals surface area contributed by atoms with Crippen molar-refractivity contribution < 1.29 is 33.4 Å². The van der Waals surface area contributed by atoms with Gasteiger partial charge in [-0.15, -0.1) is 0 Å². The van der Waals surface area contributed by atoms with E-state index in [9.17, 15) is 24.0 Å². The Morgan fingerprint density at radius 1 is 1.10 bits per heavy atom. The Kier molecular flexibility index (Phi) is 11.7. The molecule has 41 heavy (non-hydrogen) atoms. The summed E-state index contributed by atoms with van der Waals surface area (Å²) in [5, 5.41) is 2.79. The van der Waals surface area contributed by atoms with E-state index in [0.717, 1.165) is 44.8 Å². The summed E-state index contributed by atoms with van der Waals surface area (Å²) < 4.78 is 11.5. The average molecular weight is 579 g/mol. The monoisotopic (exact) mass is 578 g/mol. The van der Waals surface area contributed by atoms with Gasteiger partial charge in [-0.1, -0.05) is 27.2 Å². The van der Waals surface area contributed by atoms with Gasteiger partial charge in [-0.3, -0.25) is 19.2 Å². The molecular weight excluding hydrogens is 528 g/mol. The fourth-order valence-electron chi connectivity index (χ4n) is 7.45. The number of hydrogen-bond donors (Lipinski definition) is 1. The predicted molar refractivity (Wildman–Crippen MR) is 153 cm³/mol. The van der Waals surface area contributed by atoms with Gasteiger partial charge in [0.15, 0.2) is 0 Å². The number of nitrogens with one attached hydrogen (secondary N) is 1. The van der Waals surface area contributed by atoms with E-state index in [0.29, 0.717) is 6.54 Å². The van der Waals surface area contributed by atoms with Crippen molar-refractivity contribution in [1.29, 1.82) is 0 Å². The standard InChI is InChI=1S/C30H50N4O7/c1-8-18(2)27(24(40-6)15-25(37)33-13-9-10-23(33)29(41-7)19(3)17-35)32(5)26(38)16-31-30(39)28-21-11-12-22(14-21)34(28)20(4)36/h17-19,21-24,27-29H,8-16H2,1-7H3,(H,31,39). The van der Waals surface area contributed by atoms with Crippen LogP contribution in [0.4, 0.5) is 0 Å². The normalized spacial score (nSPS) is 27.2. The molecule has 2 bridgehead atoms. The van der Waals surface area contributed by atoms with Crippen molar-refractivity contribution in [2.45, 2.75) is 109 Å². The first-order valence-corrected chi connectivity index (χ1v) is 15.1. The fourth-order valence-corrected chi connectivity index (χ4v) is 7.45. The molecule has 1 N–H and O–H groups in total. The van der Waals surface area contributed by atoms with Crippen LogP contribution in [0.5, 0.6) is 0 Å². The van der Waals surface area contributed by atoms with Crippen molar-refractivity contribution in [3.63, 3.8) is 0 Å². The Labute approximate surface area is 244 Å². The number of amides is 4. The number of likely N-dealkylation sites (N-methyl/N-ethyl adjacent to an activating group) is 1. The van der Waals surface area contributed by atoms with Crippen LogP contribution in [0, 0.1) is 17.8 Å². The van der Waals surface area contributed by atoms with E-state index in [-0.39, 0.29) is 72.5 Å². The van der Waals surface area contributed by atoms with Crippen molar-refractivity contribution in [3.05, 3.63) is 0 Å². The van der Waals surface area contributed by atoms with Crippen LogP contribution >= 0.6 is 0 Å². The van der Waals surface area contributed by atoms with E-state index >= 15 is 0 Å². The molecule has 11 nitrogen and oxygen atoms in total. The number of hydrogen-bond acceptors (Lipinski definition) is 7. The summed E-state index contributed by atoms with van der Waals surface area (Å²) in [7, 11) is 4.80. The molecule has 9 unspecified atom stereocenters. The summed E-state index contributed by atoms with van der Waals surface area (Å²) in [4.78, 5) is 68.8. The second kappa shape index (κ2) is 14.6. The number of ether oxygens (including phenoxy) is 2. The van der Waals surface area contributed by atoms with Gasteiger partial charge in [0, 0.05) is 46.7 Å². The van der Waals surface area contributed by atoms with Crippen molar-refractivity contribution in [2.75, 3.05) is 34.4 Å². The molecule has 3 rings (SSSR count). The first kappa shape index (κ1) is 33.0. The smallest absolute Gasteiger partial charge is 0.243 e. The maximum atomic E-state index is 13.6. The van der Waals surface area contributed by atoms with Crippen LogP contribution in [0.25, 0.3) is 0 Å². The zero-order chi connectivity index (χ0) is 30.4. The summed E-state index contributed by atoms with van der Waals surface area (Å²) in [5.74, 6) is -0.961. The molecule has 4 amide bonds. The van der Waals surface area contributed by atoms with Crippen LogP contribution in [0.3, 0.4) is 0 Å². The van der Waals surface area contributed by atoms with Gasteiger partial charge in [0.05, 0.1) is 37.3 Å². The number of aldehydes is 1. The van der Waals surface area contributed by atoms with Gasteiger partial charge < -0.3 is 34.3 Å². The molecule has 3 aliphatic rings. The largest absolute Gasteiger partial charge is 0.379 e. The minimum atomic E-state index is -0.563. The molecule has 3 fully saturated rings. The summed E-state index contributed by atoms with van der Waals surface area (Å²) in [6.07, 6.45) is 5.02. The summed E-state index contributed by atoms with van der Waals surface area (Å²) in [5.41, 5.74) is 0. The predicted octanol–water partition coefficient (Wildman–Crippen LogP) is 1.62. The highest BCUT2D eigenvalue weighted by Crippen LogP contribution is 2.42. The minimum absolute atomic E-state index is 0.0207. The Morgan fingerprint density at radius 2 is 1.80 bits per heavy atom. The lowest BCUT2D eigenvalue weighted by Gasteiger charge is -2.39. The SMILES string of the molecule is CCC(C)C(C(CC(=O)N1CCCC1C(OC)C(C)C=O)OC)N(C)C(=O)CNC(=O)C1C2CCC(C2)N1C(C)=O. The third-order valence-corrected chi connectivity index (χ3v) is 9.76. The lowest BCUT2D eigenvalue weighted by Crippen LogP contribution is -2.56. The lowest BCUT2D eigenvalue weighted by atomic mass is 9.90. The van der Waals surface area contributed by atoms with Gasteiger partial charge in [-0.05, 0) is 43.9 Å². The van der Waals surface area contributed by atoms with Crippen molar-refractivity contribution in [3.8, 4) is 0 Å². The van der Waals surface area contributed by atoms with Gasteiger partial charge >= 0.3 is 0 Å². The van der Waals surface area contributed by atoms with Crippen LogP contribution in [-0.2, 0) is 33.4 Å². The molecule has 1 aliphatic carbocycles. The number of piperidine rings is 1. The van der Waals surface area contributed by atoms with E-state index < -0.39 is 18.2 Å². The average Bonchev–Trinajstić information content (AvgIpc) is 3.72. The van der Waals surface area contributed by atoms with E-state index in [4.69, 9.17) is 9.47 Å². The molecule has 1 saturated carbocycles. The number of likely N-dealkylation sites (tertiary alicyclic amines) is 2. The molecule has 11 heteroatoms. The van der Waals surface area contributed by atoms with Crippen LogP contribution in [-0.4, -0.2) is 115 Å². The second-order valence-corrected chi connectivity index (χ2v) is 12.2. The van der Waals surface area contributed by atoms with Crippen molar-refractivity contribution in [1.82, 2.24) is 20.0 Å². The lowest BCUT2D eigenvalue weighted by molar-refractivity contribution is -0.145. The molecule has 0 spiro atoms. The highest BCUT2D eigenvalue weighted by molar-refractivity contribution is 5.91. The Balaban J connectivity index is 1.67. The zero-order valence-electron chi connectivity index (χ0n) is 25.8.